The van der Waals surface area contributed by atoms with Crippen LogP contribution in [0.25, 0.3) is 0 Å². The Labute approximate surface area is 144 Å². The number of carbonyl (C=O) groups excluding carboxylic acids is 1. The monoisotopic (exact) mass is 333 g/mol. The Balaban J connectivity index is 1.66. The topological polar surface area (TPSA) is 26.8 Å². The van der Waals surface area contributed by atoms with Gasteiger partial charge in [0.15, 0.2) is 0 Å². The van der Waals surface area contributed by atoms with Gasteiger partial charge in [-0.3, -0.25) is 9.69 Å². The number of likely N-dealkylation sites (tertiary alicyclic amines) is 2. The van der Waals surface area contributed by atoms with Crippen LogP contribution in [0.5, 0.6) is 0 Å². The fourth-order valence-electron chi connectivity index (χ4n) is 4.19. The van der Waals surface area contributed by atoms with E-state index in [2.05, 4.69) is 16.7 Å². The van der Waals surface area contributed by atoms with Crippen LogP contribution in [0.15, 0.2) is 24.3 Å². The minimum atomic E-state index is -0.236. The minimum absolute atomic E-state index is 0.193. The number of benzene rings is 1. The summed E-state index contributed by atoms with van der Waals surface area (Å²) in [6.45, 7) is 7.19. The first-order valence-corrected chi connectivity index (χ1v) is 8.81. The summed E-state index contributed by atoms with van der Waals surface area (Å²) < 4.78 is 13.4. The molecule has 2 atom stereocenters. The van der Waals surface area contributed by atoms with Gasteiger partial charge in [-0.25, -0.2) is 4.39 Å². The molecule has 3 rings (SSSR count). The van der Waals surface area contributed by atoms with E-state index in [4.69, 9.17) is 0 Å². The highest BCUT2D eigenvalue weighted by molar-refractivity contribution is 5.86. The molecule has 0 N–H and O–H groups in total. The van der Waals surface area contributed by atoms with Crippen LogP contribution in [0.2, 0.25) is 0 Å². The molecular weight excluding hydrogens is 305 g/mol. The quantitative estimate of drug-likeness (QED) is 0.825. The fraction of sp³-hybridized carbons (Fsp3) is 0.632. The molecule has 0 saturated carbocycles. The standard InChI is InChI=1S/C19H28FN3O/c1-15-12-22(13-16-5-4-6-17(20)11-16)14-19(15)7-8-23(18(19)24)10-9-21(2)3/h4-6,11,15H,7-10,12-14H2,1-3H3/t15-,19-/m0/s1. The number of amides is 1. The van der Waals surface area contributed by atoms with Crippen LogP contribution in [0.3, 0.4) is 0 Å². The van der Waals surface area contributed by atoms with Crippen LogP contribution in [-0.4, -0.2) is 67.4 Å². The molecule has 1 spiro atoms. The molecule has 2 aliphatic rings. The predicted molar refractivity (Wildman–Crippen MR) is 93.0 cm³/mol. The third-order valence-corrected chi connectivity index (χ3v) is 5.63. The summed E-state index contributed by atoms with van der Waals surface area (Å²) in [7, 11) is 4.07. The average Bonchev–Trinajstić information content (AvgIpc) is 2.99. The number of nitrogens with zero attached hydrogens (tertiary/aromatic N) is 3. The summed E-state index contributed by atoms with van der Waals surface area (Å²) in [5.41, 5.74) is 0.744. The van der Waals surface area contributed by atoms with Crippen molar-refractivity contribution < 1.29 is 9.18 Å². The molecule has 2 fully saturated rings. The number of halogens is 1. The Morgan fingerprint density at radius 1 is 1.38 bits per heavy atom. The Morgan fingerprint density at radius 2 is 2.17 bits per heavy atom. The van der Waals surface area contributed by atoms with Crippen molar-refractivity contribution in [3.05, 3.63) is 35.6 Å². The molecule has 1 aromatic carbocycles. The van der Waals surface area contributed by atoms with E-state index in [1.54, 1.807) is 12.1 Å². The Bertz CT molecular complexity index is 606. The smallest absolute Gasteiger partial charge is 0.230 e. The molecule has 1 amide bonds. The first-order chi connectivity index (χ1) is 11.4. The highest BCUT2D eigenvalue weighted by Gasteiger charge is 2.54. The molecule has 2 heterocycles. The van der Waals surface area contributed by atoms with Crippen LogP contribution < -0.4 is 0 Å². The molecule has 132 valence electrons. The summed E-state index contributed by atoms with van der Waals surface area (Å²) in [6, 6.07) is 6.78. The summed E-state index contributed by atoms with van der Waals surface area (Å²) in [5.74, 6) is 0.475. The molecule has 0 bridgehead atoms. The minimum Gasteiger partial charge on any atom is -0.341 e. The van der Waals surface area contributed by atoms with E-state index < -0.39 is 0 Å². The molecule has 4 nitrogen and oxygen atoms in total. The zero-order chi connectivity index (χ0) is 17.3. The van der Waals surface area contributed by atoms with E-state index in [0.29, 0.717) is 11.8 Å². The first-order valence-electron chi connectivity index (χ1n) is 8.81. The molecule has 0 aliphatic carbocycles. The third-order valence-electron chi connectivity index (χ3n) is 5.63. The van der Waals surface area contributed by atoms with Gasteiger partial charge in [-0.05, 0) is 44.1 Å². The fourth-order valence-corrected chi connectivity index (χ4v) is 4.19. The number of likely N-dealkylation sites (N-methyl/N-ethyl adjacent to an activating group) is 1. The first kappa shape index (κ1) is 17.4. The Kier molecular flexibility index (Phi) is 4.92. The second-order valence-corrected chi connectivity index (χ2v) is 7.70. The van der Waals surface area contributed by atoms with Crippen molar-refractivity contribution in [3.8, 4) is 0 Å². The summed E-state index contributed by atoms with van der Waals surface area (Å²) in [6.07, 6.45) is 0.945. The second-order valence-electron chi connectivity index (χ2n) is 7.70. The van der Waals surface area contributed by atoms with Crippen LogP contribution >= 0.6 is 0 Å². The Hall–Kier alpha value is -1.46. The van der Waals surface area contributed by atoms with Gasteiger partial charge >= 0.3 is 0 Å². The summed E-state index contributed by atoms with van der Waals surface area (Å²) >= 11 is 0. The summed E-state index contributed by atoms with van der Waals surface area (Å²) in [5, 5.41) is 0. The normalized spacial score (nSPS) is 27.8. The van der Waals surface area contributed by atoms with E-state index in [9.17, 15) is 9.18 Å². The largest absolute Gasteiger partial charge is 0.341 e. The van der Waals surface area contributed by atoms with E-state index in [1.807, 2.05) is 25.1 Å². The van der Waals surface area contributed by atoms with Crippen molar-refractivity contribution in [3.63, 3.8) is 0 Å². The van der Waals surface area contributed by atoms with Crippen molar-refractivity contribution in [2.24, 2.45) is 11.3 Å². The number of rotatable bonds is 5. The SMILES string of the molecule is C[C@H]1CN(Cc2cccc(F)c2)C[C@@]12CCN(CCN(C)C)C2=O. The molecule has 2 aliphatic heterocycles. The van der Waals surface area contributed by atoms with Gasteiger partial charge in [0.25, 0.3) is 0 Å². The van der Waals surface area contributed by atoms with Crippen molar-refractivity contribution in [1.29, 1.82) is 0 Å². The molecule has 0 radical (unpaired) electrons. The highest BCUT2D eigenvalue weighted by atomic mass is 19.1. The van der Waals surface area contributed by atoms with Gasteiger partial charge in [-0.1, -0.05) is 19.1 Å². The lowest BCUT2D eigenvalue weighted by Gasteiger charge is -2.27. The number of carbonyl (C=O) groups is 1. The van der Waals surface area contributed by atoms with Crippen LogP contribution in [0.4, 0.5) is 4.39 Å². The third kappa shape index (κ3) is 3.33. The van der Waals surface area contributed by atoms with Crippen molar-refractivity contribution >= 4 is 5.91 Å². The number of hydrogen-bond donors (Lipinski definition) is 0. The van der Waals surface area contributed by atoms with Gasteiger partial charge in [-0.2, -0.15) is 0 Å². The second kappa shape index (κ2) is 6.81. The van der Waals surface area contributed by atoms with E-state index in [0.717, 1.165) is 51.3 Å². The highest BCUT2D eigenvalue weighted by Crippen LogP contribution is 2.44. The van der Waals surface area contributed by atoms with Crippen LogP contribution in [0.1, 0.15) is 18.9 Å². The molecule has 24 heavy (non-hydrogen) atoms. The van der Waals surface area contributed by atoms with Gasteiger partial charge < -0.3 is 9.80 Å². The predicted octanol–water partition coefficient (Wildman–Crippen LogP) is 2.06. The van der Waals surface area contributed by atoms with Crippen LogP contribution in [0, 0.1) is 17.2 Å². The zero-order valence-corrected chi connectivity index (χ0v) is 15.0. The number of hydrogen-bond acceptors (Lipinski definition) is 3. The van der Waals surface area contributed by atoms with Gasteiger partial charge in [0.2, 0.25) is 5.91 Å². The van der Waals surface area contributed by atoms with Crippen molar-refractivity contribution in [1.82, 2.24) is 14.7 Å². The lowest BCUT2D eigenvalue weighted by Crippen LogP contribution is -2.41. The molecule has 0 aromatic heterocycles. The lowest BCUT2D eigenvalue weighted by atomic mass is 9.78. The maximum absolute atomic E-state index is 13.4. The maximum Gasteiger partial charge on any atom is 0.230 e. The van der Waals surface area contributed by atoms with Gasteiger partial charge in [-0.15, -0.1) is 0 Å². The van der Waals surface area contributed by atoms with Crippen molar-refractivity contribution in [2.75, 3.05) is 46.8 Å². The maximum atomic E-state index is 13.4. The molecular formula is C19H28FN3O. The van der Waals surface area contributed by atoms with E-state index >= 15 is 0 Å². The summed E-state index contributed by atoms with van der Waals surface area (Å²) in [4.78, 5) is 19.5. The van der Waals surface area contributed by atoms with Gasteiger partial charge in [0.05, 0.1) is 5.41 Å². The van der Waals surface area contributed by atoms with E-state index in [-0.39, 0.29) is 11.2 Å². The molecule has 1 aromatic rings. The van der Waals surface area contributed by atoms with E-state index in [1.165, 1.54) is 6.07 Å². The van der Waals surface area contributed by atoms with Gasteiger partial charge in [0, 0.05) is 39.3 Å². The molecule has 2 saturated heterocycles. The molecule has 5 heteroatoms. The molecule has 0 unspecified atom stereocenters. The van der Waals surface area contributed by atoms with Crippen molar-refractivity contribution in [2.45, 2.75) is 19.9 Å². The lowest BCUT2D eigenvalue weighted by molar-refractivity contribution is -0.137. The Morgan fingerprint density at radius 3 is 2.88 bits per heavy atom. The zero-order valence-electron chi connectivity index (χ0n) is 15.0. The average molecular weight is 333 g/mol. The van der Waals surface area contributed by atoms with Gasteiger partial charge in [0.1, 0.15) is 5.82 Å². The van der Waals surface area contributed by atoms with Crippen LogP contribution in [-0.2, 0) is 11.3 Å².